The lowest BCUT2D eigenvalue weighted by Crippen LogP contribution is -2.23. The number of thioether (sulfide) groups is 1. The SMILES string of the molecule is C=CCn1c(SCC(=O)Nc2ccc(N(C)C)cc2)nc2ccccc2c1=O. The monoisotopic (exact) mass is 394 g/mol. The number of hydrogen-bond acceptors (Lipinski definition) is 5. The van der Waals surface area contributed by atoms with Gasteiger partial charge in [-0.3, -0.25) is 14.2 Å². The van der Waals surface area contributed by atoms with E-state index in [1.165, 1.54) is 11.8 Å². The molecule has 0 unspecified atom stereocenters. The Morgan fingerprint density at radius 1 is 1.21 bits per heavy atom. The van der Waals surface area contributed by atoms with Crippen LogP contribution in [0.2, 0.25) is 0 Å². The zero-order valence-electron chi connectivity index (χ0n) is 15.9. The minimum atomic E-state index is -0.157. The fraction of sp³-hybridized carbons (Fsp3) is 0.190. The van der Waals surface area contributed by atoms with E-state index in [0.29, 0.717) is 22.6 Å². The molecule has 144 valence electrons. The van der Waals surface area contributed by atoms with Crippen LogP contribution in [0.4, 0.5) is 11.4 Å². The molecule has 1 amide bonds. The second-order valence-corrected chi connectivity index (χ2v) is 7.34. The zero-order valence-corrected chi connectivity index (χ0v) is 16.7. The quantitative estimate of drug-likeness (QED) is 0.378. The summed E-state index contributed by atoms with van der Waals surface area (Å²) >= 11 is 1.24. The molecule has 1 heterocycles. The van der Waals surface area contributed by atoms with E-state index < -0.39 is 0 Å². The van der Waals surface area contributed by atoms with Crippen LogP contribution in [-0.2, 0) is 11.3 Å². The van der Waals surface area contributed by atoms with Gasteiger partial charge in [0.05, 0.1) is 16.7 Å². The Bertz CT molecular complexity index is 1060. The molecule has 0 atom stereocenters. The van der Waals surface area contributed by atoms with Crippen LogP contribution in [0.15, 0.2) is 71.1 Å². The number of fused-ring (bicyclic) bond motifs is 1. The van der Waals surface area contributed by atoms with E-state index in [1.807, 2.05) is 55.4 Å². The molecular formula is C21H22N4O2S. The van der Waals surface area contributed by atoms with E-state index in [2.05, 4.69) is 16.9 Å². The second kappa shape index (κ2) is 8.75. The van der Waals surface area contributed by atoms with E-state index >= 15 is 0 Å². The molecule has 1 N–H and O–H groups in total. The summed E-state index contributed by atoms with van der Waals surface area (Å²) in [4.78, 5) is 31.6. The molecule has 0 bridgehead atoms. The van der Waals surface area contributed by atoms with Gasteiger partial charge in [0.25, 0.3) is 5.56 Å². The molecule has 6 nitrogen and oxygen atoms in total. The molecule has 3 aromatic rings. The molecule has 1 aromatic heterocycles. The third-order valence-electron chi connectivity index (χ3n) is 4.14. The molecule has 0 aliphatic heterocycles. The van der Waals surface area contributed by atoms with Crippen molar-refractivity contribution in [2.24, 2.45) is 0 Å². The van der Waals surface area contributed by atoms with Gasteiger partial charge in [-0.2, -0.15) is 0 Å². The predicted molar refractivity (Wildman–Crippen MR) is 116 cm³/mol. The third kappa shape index (κ3) is 4.43. The molecule has 0 spiro atoms. The van der Waals surface area contributed by atoms with Gasteiger partial charge >= 0.3 is 0 Å². The van der Waals surface area contributed by atoms with Gasteiger partial charge in [0.2, 0.25) is 5.91 Å². The molecule has 0 saturated heterocycles. The lowest BCUT2D eigenvalue weighted by Gasteiger charge is -2.13. The van der Waals surface area contributed by atoms with Gasteiger partial charge in [-0.1, -0.05) is 30.0 Å². The lowest BCUT2D eigenvalue weighted by atomic mass is 10.2. The van der Waals surface area contributed by atoms with Gasteiger partial charge in [0.1, 0.15) is 0 Å². The van der Waals surface area contributed by atoms with Crippen LogP contribution in [0.1, 0.15) is 0 Å². The van der Waals surface area contributed by atoms with Crippen molar-refractivity contribution in [3.8, 4) is 0 Å². The maximum Gasteiger partial charge on any atom is 0.262 e. The number of amides is 1. The van der Waals surface area contributed by atoms with Crippen molar-refractivity contribution >= 4 is 39.9 Å². The number of aromatic nitrogens is 2. The van der Waals surface area contributed by atoms with Gasteiger partial charge in [-0.15, -0.1) is 6.58 Å². The molecule has 0 saturated carbocycles. The number of allylic oxidation sites excluding steroid dienone is 1. The molecule has 2 aromatic carbocycles. The summed E-state index contributed by atoms with van der Waals surface area (Å²) in [6.45, 7) is 4.05. The molecule has 0 radical (unpaired) electrons. The molecular weight excluding hydrogens is 372 g/mol. The fourth-order valence-corrected chi connectivity index (χ4v) is 3.53. The summed E-state index contributed by atoms with van der Waals surface area (Å²) in [5.41, 5.74) is 2.27. The summed E-state index contributed by atoms with van der Waals surface area (Å²) in [5, 5.41) is 3.92. The van der Waals surface area contributed by atoms with Gasteiger partial charge in [0, 0.05) is 32.0 Å². The van der Waals surface area contributed by atoms with E-state index in [4.69, 9.17) is 0 Å². The Morgan fingerprint density at radius 2 is 1.93 bits per heavy atom. The van der Waals surface area contributed by atoms with Crippen LogP contribution in [0.25, 0.3) is 10.9 Å². The van der Waals surface area contributed by atoms with Crippen molar-refractivity contribution in [2.75, 3.05) is 30.1 Å². The largest absolute Gasteiger partial charge is 0.378 e. The summed E-state index contributed by atoms with van der Waals surface area (Å²) < 4.78 is 1.54. The van der Waals surface area contributed by atoms with Crippen LogP contribution in [0.5, 0.6) is 0 Å². The number of anilines is 2. The Morgan fingerprint density at radius 3 is 2.61 bits per heavy atom. The van der Waals surface area contributed by atoms with Crippen LogP contribution in [-0.4, -0.2) is 35.3 Å². The highest BCUT2D eigenvalue weighted by molar-refractivity contribution is 7.99. The summed E-state index contributed by atoms with van der Waals surface area (Å²) in [6.07, 6.45) is 1.65. The van der Waals surface area contributed by atoms with E-state index in [9.17, 15) is 9.59 Å². The average Bonchev–Trinajstić information content (AvgIpc) is 2.69. The smallest absolute Gasteiger partial charge is 0.262 e. The van der Waals surface area contributed by atoms with E-state index in [1.54, 1.807) is 22.8 Å². The first-order valence-corrected chi connectivity index (χ1v) is 9.78. The number of para-hydroxylation sites is 1. The van der Waals surface area contributed by atoms with Gasteiger partial charge < -0.3 is 10.2 Å². The standard InChI is InChI=1S/C21H22N4O2S/c1-4-13-25-20(27)17-7-5-6-8-18(17)23-21(25)28-14-19(26)22-15-9-11-16(12-10-15)24(2)3/h4-12H,1,13-14H2,2-3H3,(H,22,26). The number of nitrogens with one attached hydrogen (secondary N) is 1. The Hall–Kier alpha value is -3.06. The lowest BCUT2D eigenvalue weighted by molar-refractivity contribution is -0.113. The van der Waals surface area contributed by atoms with Gasteiger partial charge in [-0.05, 0) is 36.4 Å². The highest BCUT2D eigenvalue weighted by Crippen LogP contribution is 2.19. The van der Waals surface area contributed by atoms with Crippen molar-refractivity contribution < 1.29 is 4.79 Å². The average molecular weight is 395 g/mol. The van der Waals surface area contributed by atoms with Gasteiger partial charge in [0.15, 0.2) is 5.16 Å². The van der Waals surface area contributed by atoms with E-state index in [-0.39, 0.29) is 17.2 Å². The number of benzene rings is 2. The normalized spacial score (nSPS) is 10.6. The first-order chi connectivity index (χ1) is 13.5. The fourth-order valence-electron chi connectivity index (χ4n) is 2.72. The minimum Gasteiger partial charge on any atom is -0.378 e. The summed E-state index contributed by atoms with van der Waals surface area (Å²) in [7, 11) is 3.92. The van der Waals surface area contributed by atoms with Gasteiger partial charge in [-0.25, -0.2) is 4.98 Å². The molecule has 0 aliphatic carbocycles. The molecule has 28 heavy (non-hydrogen) atoms. The predicted octanol–water partition coefficient (Wildman–Crippen LogP) is 3.38. The number of carbonyl (C=O) groups is 1. The maximum absolute atomic E-state index is 12.7. The zero-order chi connectivity index (χ0) is 20.1. The van der Waals surface area contributed by atoms with Crippen molar-refractivity contribution in [1.82, 2.24) is 9.55 Å². The molecule has 0 fully saturated rings. The number of hydrogen-bond donors (Lipinski definition) is 1. The van der Waals surface area contributed by atoms with Crippen LogP contribution in [0, 0.1) is 0 Å². The summed E-state index contributed by atoms with van der Waals surface area (Å²) in [5.74, 6) is -0.00710. The Balaban J connectivity index is 1.75. The molecule has 7 heteroatoms. The Kier molecular flexibility index (Phi) is 6.16. The molecule has 0 aliphatic rings. The van der Waals surface area contributed by atoms with Crippen LogP contribution < -0.4 is 15.8 Å². The first kappa shape index (κ1) is 19.7. The van der Waals surface area contributed by atoms with Crippen molar-refractivity contribution in [3.63, 3.8) is 0 Å². The number of carbonyl (C=O) groups excluding carboxylic acids is 1. The highest BCUT2D eigenvalue weighted by atomic mass is 32.2. The maximum atomic E-state index is 12.7. The van der Waals surface area contributed by atoms with Crippen LogP contribution >= 0.6 is 11.8 Å². The first-order valence-electron chi connectivity index (χ1n) is 8.80. The van der Waals surface area contributed by atoms with E-state index in [0.717, 1.165) is 11.4 Å². The number of rotatable bonds is 7. The second-order valence-electron chi connectivity index (χ2n) is 6.39. The van der Waals surface area contributed by atoms with Crippen molar-refractivity contribution in [2.45, 2.75) is 11.7 Å². The highest BCUT2D eigenvalue weighted by Gasteiger charge is 2.12. The topological polar surface area (TPSA) is 67.2 Å². The summed E-state index contributed by atoms with van der Waals surface area (Å²) in [6, 6.07) is 14.8. The number of nitrogens with zero attached hydrogens (tertiary/aromatic N) is 3. The van der Waals surface area contributed by atoms with Crippen molar-refractivity contribution in [3.05, 3.63) is 71.5 Å². The molecule has 3 rings (SSSR count). The minimum absolute atomic E-state index is 0.132. The van der Waals surface area contributed by atoms with Crippen molar-refractivity contribution in [1.29, 1.82) is 0 Å². The Labute approximate surface area is 167 Å². The van der Waals surface area contributed by atoms with Crippen LogP contribution in [0.3, 0.4) is 0 Å². The third-order valence-corrected chi connectivity index (χ3v) is 5.11.